The number of carbonyl (C=O) groups is 1. The van der Waals surface area contributed by atoms with E-state index >= 15 is 0 Å². The van der Waals surface area contributed by atoms with Crippen molar-refractivity contribution in [2.24, 2.45) is 0 Å². The summed E-state index contributed by atoms with van der Waals surface area (Å²) >= 11 is 3.08. The third kappa shape index (κ3) is 2.86. The van der Waals surface area contributed by atoms with E-state index in [4.69, 9.17) is 4.74 Å². The van der Waals surface area contributed by atoms with E-state index in [1.54, 1.807) is 23.3 Å². The average Bonchev–Trinajstić information content (AvgIpc) is 3.20. The van der Waals surface area contributed by atoms with Gasteiger partial charge in [-0.05, 0) is 18.4 Å². The molecule has 0 saturated heterocycles. The van der Waals surface area contributed by atoms with E-state index in [9.17, 15) is 4.79 Å². The molecule has 3 aromatic rings. The molecule has 3 rings (SSSR count). The number of thiazole rings is 1. The van der Waals surface area contributed by atoms with E-state index < -0.39 is 5.97 Å². The van der Waals surface area contributed by atoms with E-state index in [1.807, 2.05) is 17.5 Å². The lowest BCUT2D eigenvalue weighted by Crippen LogP contribution is -2.08. The minimum absolute atomic E-state index is 0.254. The number of aromatic nitrogens is 4. The molecule has 3 aromatic heterocycles. The van der Waals surface area contributed by atoms with Gasteiger partial charge in [-0.3, -0.25) is 4.98 Å². The lowest BCUT2D eigenvalue weighted by Gasteiger charge is -2.05. The van der Waals surface area contributed by atoms with Gasteiger partial charge in [-0.25, -0.2) is 9.48 Å². The van der Waals surface area contributed by atoms with Gasteiger partial charge in [0.05, 0.1) is 23.5 Å². The van der Waals surface area contributed by atoms with E-state index in [-0.39, 0.29) is 5.69 Å². The van der Waals surface area contributed by atoms with Crippen LogP contribution in [0.2, 0.25) is 0 Å². The SMILES string of the molecule is CCOC(=O)c1nnn(Cc2cncs2)c1-c1cccs1. The highest BCUT2D eigenvalue weighted by Gasteiger charge is 2.23. The van der Waals surface area contributed by atoms with Gasteiger partial charge in [0, 0.05) is 11.1 Å². The molecule has 0 N–H and O–H groups in total. The van der Waals surface area contributed by atoms with Crippen LogP contribution in [0.25, 0.3) is 10.6 Å². The van der Waals surface area contributed by atoms with Crippen molar-refractivity contribution < 1.29 is 9.53 Å². The Morgan fingerprint density at radius 2 is 2.33 bits per heavy atom. The normalized spacial score (nSPS) is 10.7. The molecule has 0 radical (unpaired) electrons. The second-order valence-corrected chi connectivity index (χ2v) is 6.03. The first-order valence-electron chi connectivity index (χ1n) is 6.31. The first-order valence-corrected chi connectivity index (χ1v) is 8.07. The molecular weight excluding hydrogens is 308 g/mol. The van der Waals surface area contributed by atoms with E-state index in [2.05, 4.69) is 15.3 Å². The van der Waals surface area contributed by atoms with Crippen molar-refractivity contribution in [2.75, 3.05) is 6.61 Å². The molecule has 0 aliphatic carbocycles. The minimum atomic E-state index is -0.448. The van der Waals surface area contributed by atoms with Crippen LogP contribution in [0.5, 0.6) is 0 Å². The lowest BCUT2D eigenvalue weighted by molar-refractivity contribution is 0.0520. The zero-order chi connectivity index (χ0) is 14.7. The van der Waals surface area contributed by atoms with Crippen LogP contribution in [0.3, 0.4) is 0 Å². The Morgan fingerprint density at radius 3 is 3.00 bits per heavy atom. The van der Waals surface area contributed by atoms with Crippen molar-refractivity contribution in [2.45, 2.75) is 13.5 Å². The predicted molar refractivity (Wildman–Crippen MR) is 80.5 cm³/mol. The fourth-order valence-corrected chi connectivity index (χ4v) is 3.24. The summed E-state index contributed by atoms with van der Waals surface area (Å²) in [4.78, 5) is 18.1. The van der Waals surface area contributed by atoms with Crippen molar-refractivity contribution in [3.05, 3.63) is 39.8 Å². The van der Waals surface area contributed by atoms with Gasteiger partial charge < -0.3 is 4.74 Å². The molecule has 0 spiro atoms. The fraction of sp³-hybridized carbons (Fsp3) is 0.231. The van der Waals surface area contributed by atoms with E-state index in [0.717, 1.165) is 9.75 Å². The minimum Gasteiger partial charge on any atom is -0.461 e. The lowest BCUT2D eigenvalue weighted by atomic mass is 10.2. The van der Waals surface area contributed by atoms with Gasteiger partial charge in [-0.1, -0.05) is 11.3 Å². The Bertz CT molecular complexity index is 720. The number of esters is 1. The summed E-state index contributed by atoms with van der Waals surface area (Å²) in [5.41, 5.74) is 2.71. The topological polar surface area (TPSA) is 69.9 Å². The number of thiophene rings is 1. The van der Waals surface area contributed by atoms with E-state index in [1.165, 1.54) is 22.7 Å². The van der Waals surface area contributed by atoms with Crippen LogP contribution < -0.4 is 0 Å². The molecule has 3 heterocycles. The Morgan fingerprint density at radius 1 is 1.43 bits per heavy atom. The molecule has 0 fully saturated rings. The molecule has 0 unspecified atom stereocenters. The summed E-state index contributed by atoms with van der Waals surface area (Å²) in [6.45, 7) is 2.61. The Labute approximate surface area is 129 Å². The molecule has 21 heavy (non-hydrogen) atoms. The van der Waals surface area contributed by atoms with Gasteiger partial charge in [0.1, 0.15) is 5.69 Å². The van der Waals surface area contributed by atoms with Gasteiger partial charge in [0.2, 0.25) is 0 Å². The van der Waals surface area contributed by atoms with Crippen LogP contribution >= 0.6 is 22.7 Å². The first-order chi connectivity index (χ1) is 10.3. The smallest absolute Gasteiger partial charge is 0.361 e. The molecule has 6 nitrogen and oxygen atoms in total. The van der Waals surface area contributed by atoms with Crippen LogP contribution in [0.15, 0.2) is 29.2 Å². The standard InChI is InChI=1S/C13H12N4O2S2/c1-2-19-13(18)11-12(10-4-3-5-20-10)17(16-15-11)7-9-6-14-8-21-9/h3-6,8H,2,7H2,1H3. The number of ether oxygens (including phenoxy) is 1. The second kappa shape index (κ2) is 6.15. The zero-order valence-corrected chi connectivity index (χ0v) is 12.9. The fourth-order valence-electron chi connectivity index (χ4n) is 1.89. The van der Waals surface area contributed by atoms with Crippen molar-refractivity contribution in [3.63, 3.8) is 0 Å². The van der Waals surface area contributed by atoms with Crippen LogP contribution in [-0.4, -0.2) is 32.6 Å². The summed E-state index contributed by atoms with van der Waals surface area (Å²) in [6.07, 6.45) is 1.79. The van der Waals surface area contributed by atoms with Gasteiger partial charge in [-0.2, -0.15) is 0 Å². The van der Waals surface area contributed by atoms with Gasteiger partial charge >= 0.3 is 5.97 Å². The first kappa shape index (κ1) is 13.9. The van der Waals surface area contributed by atoms with Crippen LogP contribution in [0.4, 0.5) is 0 Å². The van der Waals surface area contributed by atoms with Gasteiger partial charge in [0.15, 0.2) is 5.69 Å². The summed E-state index contributed by atoms with van der Waals surface area (Å²) in [5, 5.41) is 10.1. The molecule has 0 aromatic carbocycles. The highest BCUT2D eigenvalue weighted by atomic mass is 32.1. The third-order valence-corrected chi connectivity index (χ3v) is 4.39. The Balaban J connectivity index is 2.02. The summed E-state index contributed by atoms with van der Waals surface area (Å²) in [6, 6.07) is 3.87. The monoisotopic (exact) mass is 320 g/mol. The van der Waals surface area contributed by atoms with Crippen LogP contribution in [-0.2, 0) is 11.3 Å². The summed E-state index contributed by atoms with van der Waals surface area (Å²) in [5.74, 6) is -0.448. The number of carbonyl (C=O) groups excluding carboxylic acids is 1. The maximum Gasteiger partial charge on any atom is 0.361 e. The molecule has 0 bridgehead atoms. The van der Waals surface area contributed by atoms with Crippen LogP contribution in [0.1, 0.15) is 22.3 Å². The Hall–Kier alpha value is -2.06. The Kier molecular flexibility index (Phi) is 4.07. The van der Waals surface area contributed by atoms with Crippen LogP contribution in [0, 0.1) is 0 Å². The summed E-state index contributed by atoms with van der Waals surface area (Å²) < 4.78 is 6.77. The largest absolute Gasteiger partial charge is 0.461 e. The number of hydrogen-bond acceptors (Lipinski definition) is 7. The van der Waals surface area contributed by atoms with Gasteiger partial charge in [-0.15, -0.1) is 27.8 Å². The number of hydrogen-bond donors (Lipinski definition) is 0. The third-order valence-electron chi connectivity index (χ3n) is 2.75. The van der Waals surface area contributed by atoms with Crippen molar-refractivity contribution in [1.82, 2.24) is 20.0 Å². The molecule has 0 saturated carbocycles. The zero-order valence-electron chi connectivity index (χ0n) is 11.2. The van der Waals surface area contributed by atoms with Crippen molar-refractivity contribution in [3.8, 4) is 10.6 Å². The van der Waals surface area contributed by atoms with Crippen molar-refractivity contribution >= 4 is 28.6 Å². The number of nitrogens with zero attached hydrogens (tertiary/aromatic N) is 4. The second-order valence-electron chi connectivity index (χ2n) is 4.11. The molecule has 0 aliphatic heterocycles. The molecule has 0 aliphatic rings. The maximum atomic E-state index is 12.0. The highest BCUT2D eigenvalue weighted by Crippen LogP contribution is 2.28. The maximum absolute atomic E-state index is 12.0. The van der Waals surface area contributed by atoms with Gasteiger partial charge in [0.25, 0.3) is 0 Å². The predicted octanol–water partition coefficient (Wildman–Crippen LogP) is 2.69. The van der Waals surface area contributed by atoms with Crippen molar-refractivity contribution in [1.29, 1.82) is 0 Å². The van der Waals surface area contributed by atoms with E-state index in [0.29, 0.717) is 18.8 Å². The average molecular weight is 320 g/mol. The highest BCUT2D eigenvalue weighted by molar-refractivity contribution is 7.13. The molecule has 0 amide bonds. The molecular formula is C13H12N4O2S2. The molecule has 0 atom stereocenters. The molecule has 108 valence electrons. The quantitative estimate of drug-likeness (QED) is 0.676. The molecule has 8 heteroatoms. The summed E-state index contributed by atoms with van der Waals surface area (Å²) in [7, 11) is 0. The number of rotatable bonds is 5.